The first-order valence-electron chi connectivity index (χ1n) is 6.69. The van der Waals surface area contributed by atoms with Gasteiger partial charge in [0.1, 0.15) is 5.76 Å². The molecule has 0 saturated heterocycles. The van der Waals surface area contributed by atoms with Crippen LogP contribution < -0.4 is 5.32 Å². The fourth-order valence-electron chi connectivity index (χ4n) is 1.92. The minimum absolute atomic E-state index is 0.620. The monoisotopic (exact) mass is 236 g/mol. The van der Waals surface area contributed by atoms with E-state index < -0.39 is 0 Å². The summed E-state index contributed by atoms with van der Waals surface area (Å²) in [5.74, 6) is 1.10. The van der Waals surface area contributed by atoms with E-state index in [0.717, 1.165) is 24.9 Å². The van der Waals surface area contributed by atoms with Crippen molar-refractivity contribution in [2.45, 2.75) is 58.3 Å². The molecule has 0 aliphatic heterocycles. The van der Waals surface area contributed by atoms with E-state index in [1.54, 1.807) is 0 Å². The molecular weight excluding hydrogens is 212 g/mol. The summed E-state index contributed by atoms with van der Waals surface area (Å²) in [6.07, 6.45) is 5.64. The van der Waals surface area contributed by atoms with Crippen molar-refractivity contribution in [2.75, 3.05) is 7.05 Å². The number of furan rings is 1. The summed E-state index contributed by atoms with van der Waals surface area (Å²) in [6.45, 7) is 6.35. The summed E-state index contributed by atoms with van der Waals surface area (Å²) < 4.78 is 5.57. The third-order valence-electron chi connectivity index (χ3n) is 3.73. The van der Waals surface area contributed by atoms with Crippen LogP contribution in [0.1, 0.15) is 44.4 Å². The molecule has 0 bridgehead atoms. The van der Waals surface area contributed by atoms with Gasteiger partial charge >= 0.3 is 0 Å². The van der Waals surface area contributed by atoms with Gasteiger partial charge < -0.3 is 9.73 Å². The predicted octanol–water partition coefficient (Wildman–Crippen LogP) is 2.76. The lowest BCUT2D eigenvalue weighted by molar-refractivity contribution is 0.241. The lowest BCUT2D eigenvalue weighted by Crippen LogP contribution is -2.28. The van der Waals surface area contributed by atoms with Gasteiger partial charge in [0, 0.05) is 24.2 Å². The zero-order valence-electron chi connectivity index (χ0n) is 11.2. The van der Waals surface area contributed by atoms with Gasteiger partial charge in [-0.3, -0.25) is 4.90 Å². The molecule has 3 heteroatoms. The van der Waals surface area contributed by atoms with E-state index in [1.807, 2.05) is 6.26 Å². The number of rotatable bonds is 7. The first-order chi connectivity index (χ1) is 8.20. The predicted molar refractivity (Wildman–Crippen MR) is 69.8 cm³/mol. The molecule has 1 saturated carbocycles. The first-order valence-corrected chi connectivity index (χ1v) is 6.69. The van der Waals surface area contributed by atoms with Crippen LogP contribution in [0.4, 0.5) is 0 Å². The minimum Gasteiger partial charge on any atom is -0.468 e. The number of nitrogens with zero attached hydrogens (tertiary/aromatic N) is 1. The molecule has 1 aromatic heterocycles. The third-order valence-corrected chi connectivity index (χ3v) is 3.73. The molecule has 0 amide bonds. The van der Waals surface area contributed by atoms with Crippen molar-refractivity contribution in [3.05, 3.63) is 23.7 Å². The van der Waals surface area contributed by atoms with Gasteiger partial charge in [0.05, 0.1) is 12.8 Å². The van der Waals surface area contributed by atoms with Crippen molar-refractivity contribution in [1.29, 1.82) is 0 Å². The van der Waals surface area contributed by atoms with Crippen LogP contribution in [0.25, 0.3) is 0 Å². The van der Waals surface area contributed by atoms with Crippen molar-refractivity contribution in [1.82, 2.24) is 10.2 Å². The van der Waals surface area contributed by atoms with Gasteiger partial charge in [0.15, 0.2) is 0 Å². The second-order valence-electron chi connectivity index (χ2n) is 5.20. The average molecular weight is 236 g/mol. The molecule has 3 nitrogen and oxygen atoms in total. The van der Waals surface area contributed by atoms with E-state index in [2.05, 4.69) is 37.2 Å². The summed E-state index contributed by atoms with van der Waals surface area (Å²) in [5.41, 5.74) is 1.32. The van der Waals surface area contributed by atoms with Crippen LogP contribution >= 0.6 is 0 Å². The van der Waals surface area contributed by atoms with Gasteiger partial charge in [0.25, 0.3) is 0 Å². The topological polar surface area (TPSA) is 28.4 Å². The molecule has 96 valence electrons. The number of hydrogen-bond acceptors (Lipinski definition) is 3. The van der Waals surface area contributed by atoms with Crippen LogP contribution in [0.3, 0.4) is 0 Å². The van der Waals surface area contributed by atoms with Crippen molar-refractivity contribution in [3.63, 3.8) is 0 Å². The second kappa shape index (κ2) is 5.69. The standard InChI is InChI=1S/C14H24N2O/c1-4-11(2)16(3)10-12-7-8-17-14(12)9-15-13-5-6-13/h7-8,11,13,15H,4-6,9-10H2,1-3H3. The van der Waals surface area contributed by atoms with Gasteiger partial charge in [-0.1, -0.05) is 6.92 Å². The molecule has 1 aromatic rings. The van der Waals surface area contributed by atoms with Crippen molar-refractivity contribution in [2.24, 2.45) is 0 Å². The molecule has 1 N–H and O–H groups in total. The van der Waals surface area contributed by atoms with Gasteiger partial charge in [-0.05, 0) is 39.3 Å². The molecular formula is C14H24N2O. The normalized spacial score (nSPS) is 17.6. The van der Waals surface area contributed by atoms with E-state index in [0.29, 0.717) is 6.04 Å². The maximum absolute atomic E-state index is 5.57. The van der Waals surface area contributed by atoms with Gasteiger partial charge in [0.2, 0.25) is 0 Å². The van der Waals surface area contributed by atoms with E-state index in [4.69, 9.17) is 4.42 Å². The molecule has 1 fully saturated rings. The molecule has 17 heavy (non-hydrogen) atoms. The van der Waals surface area contributed by atoms with E-state index in [-0.39, 0.29) is 0 Å². The average Bonchev–Trinajstić information content (AvgIpc) is 3.06. The van der Waals surface area contributed by atoms with Crippen LogP contribution in [-0.4, -0.2) is 24.0 Å². The summed E-state index contributed by atoms with van der Waals surface area (Å²) in [6, 6.07) is 3.46. The van der Waals surface area contributed by atoms with Gasteiger partial charge in [-0.25, -0.2) is 0 Å². The summed E-state index contributed by atoms with van der Waals surface area (Å²) in [7, 11) is 2.18. The van der Waals surface area contributed by atoms with Crippen LogP contribution in [0.5, 0.6) is 0 Å². The molecule has 0 aromatic carbocycles. The smallest absolute Gasteiger partial charge is 0.122 e. The van der Waals surface area contributed by atoms with E-state index in [9.17, 15) is 0 Å². The van der Waals surface area contributed by atoms with Gasteiger partial charge in [-0.15, -0.1) is 0 Å². The largest absolute Gasteiger partial charge is 0.468 e. The zero-order chi connectivity index (χ0) is 12.3. The van der Waals surface area contributed by atoms with E-state index >= 15 is 0 Å². The maximum atomic E-state index is 5.57. The van der Waals surface area contributed by atoms with Crippen molar-refractivity contribution < 1.29 is 4.42 Å². The molecule has 1 unspecified atom stereocenters. The minimum atomic E-state index is 0.620. The maximum Gasteiger partial charge on any atom is 0.122 e. The summed E-state index contributed by atoms with van der Waals surface area (Å²) in [5, 5.41) is 3.50. The number of nitrogens with one attached hydrogen (secondary N) is 1. The molecule has 0 spiro atoms. The molecule has 1 atom stereocenters. The number of hydrogen-bond donors (Lipinski definition) is 1. The SMILES string of the molecule is CCC(C)N(C)Cc1ccoc1CNC1CC1. The summed E-state index contributed by atoms with van der Waals surface area (Å²) >= 11 is 0. The van der Waals surface area contributed by atoms with Crippen LogP contribution in [0.2, 0.25) is 0 Å². The molecule has 1 aliphatic rings. The quantitative estimate of drug-likeness (QED) is 0.789. The first kappa shape index (κ1) is 12.7. The fourth-order valence-corrected chi connectivity index (χ4v) is 1.92. The molecule has 0 radical (unpaired) electrons. The highest BCUT2D eigenvalue weighted by atomic mass is 16.3. The summed E-state index contributed by atoms with van der Waals surface area (Å²) in [4.78, 5) is 2.38. The fraction of sp³-hybridized carbons (Fsp3) is 0.714. The zero-order valence-corrected chi connectivity index (χ0v) is 11.2. The molecule has 1 heterocycles. The molecule has 2 rings (SSSR count). The Balaban J connectivity index is 1.88. The molecule has 1 aliphatic carbocycles. The van der Waals surface area contributed by atoms with Crippen molar-refractivity contribution >= 4 is 0 Å². The third kappa shape index (κ3) is 3.58. The Morgan fingerprint density at radius 1 is 1.53 bits per heavy atom. The van der Waals surface area contributed by atoms with E-state index in [1.165, 1.54) is 24.8 Å². The Kier molecular flexibility index (Phi) is 4.24. The Morgan fingerprint density at radius 3 is 2.94 bits per heavy atom. The highest BCUT2D eigenvalue weighted by Crippen LogP contribution is 2.21. The van der Waals surface area contributed by atoms with Gasteiger partial charge in [-0.2, -0.15) is 0 Å². The Bertz CT molecular complexity index is 344. The highest BCUT2D eigenvalue weighted by Gasteiger charge is 2.21. The highest BCUT2D eigenvalue weighted by molar-refractivity contribution is 5.17. The van der Waals surface area contributed by atoms with Crippen LogP contribution in [0.15, 0.2) is 16.7 Å². The second-order valence-corrected chi connectivity index (χ2v) is 5.20. The Morgan fingerprint density at radius 2 is 2.29 bits per heavy atom. The lowest BCUT2D eigenvalue weighted by atomic mass is 10.2. The van der Waals surface area contributed by atoms with Crippen LogP contribution in [-0.2, 0) is 13.1 Å². The van der Waals surface area contributed by atoms with Crippen LogP contribution in [0, 0.1) is 0 Å². The Hall–Kier alpha value is -0.800. The van der Waals surface area contributed by atoms with Crippen molar-refractivity contribution in [3.8, 4) is 0 Å². The lowest BCUT2D eigenvalue weighted by Gasteiger charge is -2.23. The Labute approximate surface area is 104 Å².